The number of para-hydroxylation sites is 1. The van der Waals surface area contributed by atoms with E-state index in [1.165, 1.54) is 4.90 Å². The fraction of sp³-hybridized carbons (Fsp3) is 0.385. The molecule has 0 fully saturated rings. The fourth-order valence-corrected chi connectivity index (χ4v) is 2.31. The summed E-state index contributed by atoms with van der Waals surface area (Å²) in [5.74, 6) is 0. The predicted molar refractivity (Wildman–Crippen MR) is 77.3 cm³/mol. The van der Waals surface area contributed by atoms with Crippen molar-refractivity contribution in [1.82, 2.24) is 15.0 Å². The van der Waals surface area contributed by atoms with E-state index >= 15 is 0 Å². The van der Waals surface area contributed by atoms with Crippen molar-refractivity contribution in [2.75, 3.05) is 18.2 Å². The van der Waals surface area contributed by atoms with Crippen molar-refractivity contribution in [2.24, 2.45) is 0 Å². The van der Waals surface area contributed by atoms with Crippen LogP contribution in [-0.4, -0.2) is 33.0 Å². The third kappa shape index (κ3) is 3.97. The second-order valence-corrected chi connectivity index (χ2v) is 4.95. The highest BCUT2D eigenvalue weighted by atomic mass is 32.2. The lowest BCUT2D eigenvalue weighted by Gasteiger charge is -2.08. The first kappa shape index (κ1) is 13.9. The Bertz CT molecular complexity index is 515. The van der Waals surface area contributed by atoms with Gasteiger partial charge in [-0.25, -0.2) is 0 Å². The van der Waals surface area contributed by atoms with Crippen LogP contribution in [0, 0.1) is 0 Å². The maximum absolute atomic E-state index is 8.77. The van der Waals surface area contributed by atoms with E-state index in [4.69, 9.17) is 5.11 Å². The van der Waals surface area contributed by atoms with E-state index in [1.54, 1.807) is 16.4 Å². The molecule has 0 saturated carbocycles. The van der Waals surface area contributed by atoms with Gasteiger partial charge in [-0.2, -0.15) is 0 Å². The molecule has 0 atom stereocenters. The van der Waals surface area contributed by atoms with Gasteiger partial charge in [0.1, 0.15) is 5.69 Å². The van der Waals surface area contributed by atoms with Gasteiger partial charge in [0.05, 0.1) is 12.7 Å². The van der Waals surface area contributed by atoms with E-state index in [9.17, 15) is 0 Å². The van der Waals surface area contributed by atoms with Crippen LogP contribution in [0.4, 0.5) is 5.69 Å². The zero-order valence-corrected chi connectivity index (χ0v) is 11.7. The van der Waals surface area contributed by atoms with Crippen LogP contribution in [0.2, 0.25) is 0 Å². The molecule has 2 aromatic rings. The van der Waals surface area contributed by atoms with Crippen molar-refractivity contribution in [3.63, 3.8) is 0 Å². The third-order valence-corrected chi connectivity index (χ3v) is 3.49. The highest BCUT2D eigenvalue weighted by molar-refractivity contribution is 7.98. The van der Waals surface area contributed by atoms with Crippen LogP contribution >= 0.6 is 11.8 Å². The summed E-state index contributed by atoms with van der Waals surface area (Å²) < 4.78 is 1.76. The Morgan fingerprint density at radius 1 is 1.37 bits per heavy atom. The van der Waals surface area contributed by atoms with Crippen LogP contribution in [0.5, 0.6) is 0 Å². The molecule has 0 bridgehead atoms. The van der Waals surface area contributed by atoms with Crippen molar-refractivity contribution in [3.8, 4) is 0 Å². The molecule has 0 saturated heterocycles. The zero-order chi connectivity index (χ0) is 13.5. The maximum Gasteiger partial charge on any atom is 0.102 e. The summed E-state index contributed by atoms with van der Waals surface area (Å²) in [6, 6.07) is 8.19. The van der Waals surface area contributed by atoms with Gasteiger partial charge >= 0.3 is 0 Å². The standard InChI is InChI=1S/C13H18N4OS/c1-19-13-6-3-2-5-12(13)14-9-11-10-17(16-15-11)7-4-8-18/h2-3,5-6,10,14,18H,4,7-9H2,1H3. The lowest BCUT2D eigenvalue weighted by Crippen LogP contribution is -2.01. The van der Waals surface area contributed by atoms with E-state index < -0.39 is 0 Å². The molecular weight excluding hydrogens is 260 g/mol. The minimum absolute atomic E-state index is 0.175. The van der Waals surface area contributed by atoms with Crippen LogP contribution in [0.15, 0.2) is 35.4 Å². The summed E-state index contributed by atoms with van der Waals surface area (Å²) >= 11 is 1.72. The molecule has 2 rings (SSSR count). The number of aryl methyl sites for hydroxylation is 1. The molecule has 1 heterocycles. The Labute approximate surface area is 117 Å². The maximum atomic E-state index is 8.77. The van der Waals surface area contributed by atoms with E-state index in [0.29, 0.717) is 19.5 Å². The molecule has 0 radical (unpaired) electrons. The van der Waals surface area contributed by atoms with Crippen LogP contribution in [0.25, 0.3) is 0 Å². The predicted octanol–water partition coefficient (Wildman–Crippen LogP) is 1.99. The van der Waals surface area contributed by atoms with Crippen LogP contribution < -0.4 is 5.32 Å². The number of benzene rings is 1. The molecule has 0 aliphatic carbocycles. The average Bonchev–Trinajstić information content (AvgIpc) is 2.91. The fourth-order valence-electron chi connectivity index (χ4n) is 1.74. The molecule has 1 aromatic carbocycles. The first-order valence-corrected chi connectivity index (χ1v) is 7.42. The number of aliphatic hydroxyl groups is 1. The Hall–Kier alpha value is -1.53. The van der Waals surface area contributed by atoms with Crippen molar-refractivity contribution < 1.29 is 5.11 Å². The number of hydrogen-bond acceptors (Lipinski definition) is 5. The summed E-state index contributed by atoms with van der Waals surface area (Å²) in [6.45, 7) is 1.52. The largest absolute Gasteiger partial charge is 0.396 e. The molecule has 6 heteroatoms. The first-order chi connectivity index (χ1) is 9.33. The summed E-state index contributed by atoms with van der Waals surface area (Å²) in [5.41, 5.74) is 2.01. The summed E-state index contributed by atoms with van der Waals surface area (Å²) in [7, 11) is 0. The molecule has 102 valence electrons. The minimum atomic E-state index is 0.175. The number of anilines is 1. The summed E-state index contributed by atoms with van der Waals surface area (Å²) in [4.78, 5) is 1.22. The average molecular weight is 278 g/mol. The SMILES string of the molecule is CSc1ccccc1NCc1cn(CCCO)nn1. The first-order valence-electron chi connectivity index (χ1n) is 6.20. The van der Waals surface area contributed by atoms with Gasteiger partial charge in [-0.05, 0) is 24.8 Å². The smallest absolute Gasteiger partial charge is 0.102 e. The summed E-state index contributed by atoms with van der Waals surface area (Å²) in [5, 5.41) is 20.3. The van der Waals surface area contributed by atoms with E-state index in [1.807, 2.05) is 18.3 Å². The van der Waals surface area contributed by atoms with Gasteiger partial charge in [0.15, 0.2) is 0 Å². The molecular formula is C13H18N4OS. The Morgan fingerprint density at radius 2 is 2.21 bits per heavy atom. The molecule has 5 nitrogen and oxygen atoms in total. The molecule has 0 aliphatic rings. The lowest BCUT2D eigenvalue weighted by atomic mass is 10.3. The van der Waals surface area contributed by atoms with Gasteiger partial charge < -0.3 is 10.4 Å². The van der Waals surface area contributed by atoms with Crippen molar-refractivity contribution >= 4 is 17.4 Å². The topological polar surface area (TPSA) is 63.0 Å². The number of thioether (sulfide) groups is 1. The van der Waals surface area contributed by atoms with Gasteiger partial charge in [-0.15, -0.1) is 16.9 Å². The Kier molecular flexibility index (Phi) is 5.23. The Morgan fingerprint density at radius 3 is 3.00 bits per heavy atom. The summed E-state index contributed by atoms with van der Waals surface area (Å²) in [6.07, 6.45) is 4.67. The molecule has 0 unspecified atom stereocenters. The van der Waals surface area contributed by atoms with Crippen molar-refractivity contribution in [2.45, 2.75) is 24.4 Å². The van der Waals surface area contributed by atoms with Crippen LogP contribution in [0.3, 0.4) is 0 Å². The van der Waals surface area contributed by atoms with Gasteiger partial charge in [0.25, 0.3) is 0 Å². The normalized spacial score (nSPS) is 10.6. The van der Waals surface area contributed by atoms with Gasteiger partial charge in [0.2, 0.25) is 0 Å². The second-order valence-electron chi connectivity index (χ2n) is 4.10. The third-order valence-electron chi connectivity index (χ3n) is 2.70. The molecule has 0 spiro atoms. The van der Waals surface area contributed by atoms with Crippen LogP contribution in [-0.2, 0) is 13.1 Å². The lowest BCUT2D eigenvalue weighted by molar-refractivity contribution is 0.276. The molecule has 2 N–H and O–H groups in total. The number of nitrogens with one attached hydrogen (secondary N) is 1. The van der Waals surface area contributed by atoms with E-state index in [2.05, 4.69) is 34.0 Å². The zero-order valence-electron chi connectivity index (χ0n) is 10.9. The number of rotatable bonds is 7. The van der Waals surface area contributed by atoms with Crippen LogP contribution in [0.1, 0.15) is 12.1 Å². The monoisotopic (exact) mass is 278 g/mol. The van der Waals surface area contributed by atoms with E-state index in [-0.39, 0.29) is 6.61 Å². The highest BCUT2D eigenvalue weighted by Crippen LogP contribution is 2.24. The Balaban J connectivity index is 1.93. The number of aliphatic hydroxyl groups excluding tert-OH is 1. The van der Waals surface area contributed by atoms with E-state index in [0.717, 1.165) is 11.4 Å². The minimum Gasteiger partial charge on any atom is -0.396 e. The van der Waals surface area contributed by atoms with Crippen molar-refractivity contribution in [1.29, 1.82) is 0 Å². The van der Waals surface area contributed by atoms with Gasteiger partial charge in [-0.3, -0.25) is 4.68 Å². The number of aromatic nitrogens is 3. The highest BCUT2D eigenvalue weighted by Gasteiger charge is 2.03. The molecule has 19 heavy (non-hydrogen) atoms. The second kappa shape index (κ2) is 7.16. The van der Waals surface area contributed by atoms with Gasteiger partial charge in [0, 0.05) is 23.7 Å². The molecule has 1 aromatic heterocycles. The van der Waals surface area contributed by atoms with Crippen molar-refractivity contribution in [3.05, 3.63) is 36.2 Å². The number of nitrogens with zero attached hydrogens (tertiary/aromatic N) is 3. The molecule has 0 amide bonds. The molecule has 0 aliphatic heterocycles. The number of hydrogen-bond donors (Lipinski definition) is 2. The van der Waals surface area contributed by atoms with Gasteiger partial charge in [-0.1, -0.05) is 17.3 Å². The quantitative estimate of drug-likeness (QED) is 0.758.